The zero-order chi connectivity index (χ0) is 13.9. The van der Waals surface area contributed by atoms with Gasteiger partial charge in [0.1, 0.15) is 11.0 Å². The van der Waals surface area contributed by atoms with E-state index in [9.17, 15) is 4.79 Å². The fraction of sp³-hybridized carbons (Fsp3) is 0.133. The van der Waals surface area contributed by atoms with Gasteiger partial charge in [-0.15, -0.1) is 0 Å². The van der Waals surface area contributed by atoms with Gasteiger partial charge in [0.25, 0.3) is 0 Å². The summed E-state index contributed by atoms with van der Waals surface area (Å²) >= 11 is 0. The van der Waals surface area contributed by atoms with Crippen LogP contribution in [-0.2, 0) is 11.2 Å². The number of carbonyl (C=O) groups is 1. The maximum Gasteiger partial charge on any atom is 0.228 e. The number of hydrogen-bond acceptors (Lipinski definition) is 3. The molecule has 2 aromatic carbocycles. The van der Waals surface area contributed by atoms with Crippen LogP contribution < -0.4 is 5.32 Å². The Kier molecular flexibility index (Phi) is 3.16. The van der Waals surface area contributed by atoms with E-state index in [1.165, 1.54) is 5.56 Å². The number of para-hydroxylation sites is 1. The Hall–Kier alpha value is -2.69. The smallest absolute Gasteiger partial charge is 0.228 e. The van der Waals surface area contributed by atoms with Gasteiger partial charge in [0.05, 0.1) is 12.1 Å². The number of aromatic amines is 1. The van der Waals surface area contributed by atoms with Gasteiger partial charge in [0, 0.05) is 0 Å². The SMILES string of the molecule is Cc1ccc(CC(=O)Nc2cccc3n[nH]nc23)cc1. The van der Waals surface area contributed by atoms with Crippen LogP contribution in [0.2, 0.25) is 0 Å². The third-order valence-corrected chi connectivity index (χ3v) is 3.11. The van der Waals surface area contributed by atoms with Crippen LogP contribution in [0.15, 0.2) is 42.5 Å². The fourth-order valence-corrected chi connectivity index (χ4v) is 2.05. The highest BCUT2D eigenvalue weighted by atomic mass is 16.1. The van der Waals surface area contributed by atoms with Crippen molar-refractivity contribution in [1.82, 2.24) is 15.4 Å². The van der Waals surface area contributed by atoms with Crippen LogP contribution in [0.25, 0.3) is 11.0 Å². The molecular formula is C15H14N4O. The van der Waals surface area contributed by atoms with E-state index < -0.39 is 0 Å². The first-order chi connectivity index (χ1) is 9.72. The summed E-state index contributed by atoms with van der Waals surface area (Å²) < 4.78 is 0. The quantitative estimate of drug-likeness (QED) is 0.765. The maximum absolute atomic E-state index is 12.1. The van der Waals surface area contributed by atoms with Crippen LogP contribution in [0.3, 0.4) is 0 Å². The van der Waals surface area contributed by atoms with E-state index >= 15 is 0 Å². The first-order valence-electron chi connectivity index (χ1n) is 6.37. The summed E-state index contributed by atoms with van der Waals surface area (Å²) in [7, 11) is 0. The van der Waals surface area contributed by atoms with Crippen LogP contribution in [0.1, 0.15) is 11.1 Å². The van der Waals surface area contributed by atoms with Crippen molar-refractivity contribution in [3.05, 3.63) is 53.6 Å². The summed E-state index contributed by atoms with van der Waals surface area (Å²) in [5, 5.41) is 13.5. The lowest BCUT2D eigenvalue weighted by Gasteiger charge is -2.05. The molecule has 0 radical (unpaired) electrons. The molecule has 100 valence electrons. The largest absolute Gasteiger partial charge is 0.324 e. The van der Waals surface area contributed by atoms with Gasteiger partial charge < -0.3 is 5.32 Å². The molecule has 0 saturated carbocycles. The van der Waals surface area contributed by atoms with Gasteiger partial charge in [-0.2, -0.15) is 15.4 Å². The summed E-state index contributed by atoms with van der Waals surface area (Å²) in [6.45, 7) is 2.02. The summed E-state index contributed by atoms with van der Waals surface area (Å²) in [5.74, 6) is -0.0654. The summed E-state index contributed by atoms with van der Waals surface area (Å²) in [6, 6.07) is 13.4. The fourth-order valence-electron chi connectivity index (χ4n) is 2.05. The minimum Gasteiger partial charge on any atom is -0.324 e. The predicted molar refractivity (Wildman–Crippen MR) is 77.4 cm³/mol. The lowest BCUT2D eigenvalue weighted by Crippen LogP contribution is -2.14. The average molecular weight is 266 g/mol. The van der Waals surface area contributed by atoms with Gasteiger partial charge in [-0.05, 0) is 24.6 Å². The van der Waals surface area contributed by atoms with Crippen molar-refractivity contribution < 1.29 is 4.79 Å². The van der Waals surface area contributed by atoms with Gasteiger partial charge in [-0.25, -0.2) is 0 Å². The molecule has 0 spiro atoms. The first-order valence-corrected chi connectivity index (χ1v) is 6.37. The highest BCUT2D eigenvalue weighted by Crippen LogP contribution is 2.19. The zero-order valence-corrected chi connectivity index (χ0v) is 11.1. The third kappa shape index (κ3) is 2.51. The van der Waals surface area contributed by atoms with Crippen molar-refractivity contribution in [1.29, 1.82) is 0 Å². The Bertz CT molecular complexity index is 746. The van der Waals surface area contributed by atoms with Crippen molar-refractivity contribution >= 4 is 22.6 Å². The zero-order valence-electron chi connectivity index (χ0n) is 11.1. The van der Waals surface area contributed by atoms with E-state index in [2.05, 4.69) is 20.7 Å². The number of nitrogens with zero attached hydrogens (tertiary/aromatic N) is 2. The average Bonchev–Trinajstić information content (AvgIpc) is 2.91. The highest BCUT2D eigenvalue weighted by molar-refractivity contribution is 5.99. The normalized spacial score (nSPS) is 10.7. The van der Waals surface area contributed by atoms with Crippen molar-refractivity contribution in [2.24, 2.45) is 0 Å². The summed E-state index contributed by atoms with van der Waals surface area (Å²) in [6.07, 6.45) is 0.342. The lowest BCUT2D eigenvalue weighted by molar-refractivity contribution is -0.115. The van der Waals surface area contributed by atoms with E-state index in [0.29, 0.717) is 17.6 Å². The number of hydrogen-bond donors (Lipinski definition) is 2. The maximum atomic E-state index is 12.1. The van der Waals surface area contributed by atoms with Crippen molar-refractivity contribution in [3.8, 4) is 0 Å². The van der Waals surface area contributed by atoms with Crippen molar-refractivity contribution in [2.45, 2.75) is 13.3 Å². The first kappa shape index (κ1) is 12.3. The number of aromatic nitrogens is 3. The molecule has 1 heterocycles. The molecular weight excluding hydrogens is 252 g/mol. The molecule has 0 unspecified atom stereocenters. The number of nitrogens with one attached hydrogen (secondary N) is 2. The molecule has 1 amide bonds. The molecule has 3 aromatic rings. The molecule has 0 aliphatic rings. The molecule has 0 atom stereocenters. The number of aryl methyl sites for hydroxylation is 1. The Labute approximate surface area is 116 Å². The molecule has 0 saturated heterocycles. The second-order valence-electron chi connectivity index (χ2n) is 4.71. The second kappa shape index (κ2) is 5.13. The van der Waals surface area contributed by atoms with Crippen LogP contribution in [0.4, 0.5) is 5.69 Å². The van der Waals surface area contributed by atoms with Gasteiger partial charge >= 0.3 is 0 Å². The molecule has 0 fully saturated rings. The number of rotatable bonds is 3. The van der Waals surface area contributed by atoms with Gasteiger partial charge in [-0.1, -0.05) is 35.9 Å². The standard InChI is InChI=1S/C15H14N4O/c1-10-5-7-11(8-6-10)9-14(20)16-12-3-2-4-13-15(12)18-19-17-13/h2-8H,9H2,1H3,(H,16,20)(H,17,18,19). The monoisotopic (exact) mass is 266 g/mol. The molecule has 0 aliphatic carbocycles. The molecule has 3 rings (SSSR count). The number of amides is 1. The van der Waals surface area contributed by atoms with Gasteiger partial charge in [0.15, 0.2) is 0 Å². The number of H-pyrrole nitrogens is 1. The minimum absolute atomic E-state index is 0.0654. The Balaban J connectivity index is 1.76. The molecule has 0 bridgehead atoms. The van der Waals surface area contributed by atoms with Crippen LogP contribution in [0.5, 0.6) is 0 Å². The molecule has 5 heteroatoms. The molecule has 2 N–H and O–H groups in total. The van der Waals surface area contributed by atoms with E-state index in [-0.39, 0.29) is 5.91 Å². The molecule has 1 aromatic heterocycles. The van der Waals surface area contributed by atoms with Crippen LogP contribution in [-0.4, -0.2) is 21.3 Å². The van der Waals surface area contributed by atoms with E-state index in [1.807, 2.05) is 49.4 Å². The lowest BCUT2D eigenvalue weighted by atomic mass is 10.1. The van der Waals surface area contributed by atoms with E-state index in [1.54, 1.807) is 0 Å². The highest BCUT2D eigenvalue weighted by Gasteiger charge is 2.08. The van der Waals surface area contributed by atoms with Crippen molar-refractivity contribution in [2.75, 3.05) is 5.32 Å². The van der Waals surface area contributed by atoms with E-state index in [0.717, 1.165) is 11.1 Å². The minimum atomic E-state index is -0.0654. The third-order valence-electron chi connectivity index (χ3n) is 3.11. The number of benzene rings is 2. The number of fused-ring (bicyclic) bond motifs is 1. The van der Waals surface area contributed by atoms with Crippen LogP contribution >= 0.6 is 0 Å². The van der Waals surface area contributed by atoms with Crippen molar-refractivity contribution in [3.63, 3.8) is 0 Å². The molecule has 0 aliphatic heterocycles. The van der Waals surface area contributed by atoms with Crippen LogP contribution in [0, 0.1) is 6.92 Å². The Morgan fingerprint density at radius 3 is 2.75 bits per heavy atom. The summed E-state index contributed by atoms with van der Waals surface area (Å²) in [5.41, 5.74) is 4.25. The molecule has 20 heavy (non-hydrogen) atoms. The summed E-state index contributed by atoms with van der Waals surface area (Å²) in [4.78, 5) is 12.1. The number of anilines is 1. The Morgan fingerprint density at radius 1 is 1.15 bits per heavy atom. The predicted octanol–water partition coefficient (Wildman–Crippen LogP) is 2.45. The second-order valence-corrected chi connectivity index (χ2v) is 4.71. The topological polar surface area (TPSA) is 70.7 Å². The van der Waals surface area contributed by atoms with E-state index in [4.69, 9.17) is 0 Å². The number of carbonyl (C=O) groups excluding carboxylic acids is 1. The van der Waals surface area contributed by atoms with Gasteiger partial charge in [-0.3, -0.25) is 4.79 Å². The van der Waals surface area contributed by atoms with Gasteiger partial charge in [0.2, 0.25) is 5.91 Å². The Morgan fingerprint density at radius 2 is 1.95 bits per heavy atom. The molecule has 5 nitrogen and oxygen atoms in total.